The number of nitrogens with zero attached hydrogens (tertiary/aromatic N) is 1. The highest BCUT2D eigenvalue weighted by Crippen LogP contribution is 2.33. The van der Waals surface area contributed by atoms with Crippen molar-refractivity contribution in [2.75, 3.05) is 0 Å². The van der Waals surface area contributed by atoms with Crippen LogP contribution in [0.2, 0.25) is 0 Å². The molecule has 0 radical (unpaired) electrons. The van der Waals surface area contributed by atoms with E-state index in [9.17, 15) is 23.5 Å². The summed E-state index contributed by atoms with van der Waals surface area (Å²) in [7, 11) is 1.46. The first-order valence-electron chi connectivity index (χ1n) is 7.61. The molecule has 0 spiro atoms. The Bertz CT molecular complexity index is 1040. The van der Waals surface area contributed by atoms with Crippen LogP contribution in [-0.2, 0) is 24.9 Å². The normalized spacial score (nSPS) is 11.0. The second kappa shape index (κ2) is 6.47. The summed E-state index contributed by atoms with van der Waals surface area (Å²) in [4.78, 5) is 23.8. The molecule has 0 saturated carbocycles. The highest BCUT2D eigenvalue weighted by Gasteiger charge is 2.20. The topological polar surface area (TPSA) is 59.3 Å². The average molecular weight is 343 g/mol. The molecule has 0 aliphatic rings. The zero-order valence-electron chi connectivity index (χ0n) is 13.4. The lowest BCUT2D eigenvalue weighted by molar-refractivity contribution is -0.136. The molecule has 0 unspecified atom stereocenters. The number of benzene rings is 2. The number of hydrogen-bond donors (Lipinski definition) is 1. The second-order valence-electron chi connectivity index (χ2n) is 5.75. The van der Waals surface area contributed by atoms with Crippen LogP contribution in [0.5, 0.6) is 0 Å². The predicted octanol–water partition coefficient (Wildman–Crippen LogP) is 3.44. The van der Waals surface area contributed by atoms with E-state index in [0.29, 0.717) is 16.3 Å². The molecule has 6 heteroatoms. The van der Waals surface area contributed by atoms with Crippen LogP contribution in [0.3, 0.4) is 0 Å². The minimum absolute atomic E-state index is 0.139. The molecule has 1 aromatic heterocycles. The average Bonchev–Trinajstić information content (AvgIpc) is 2.60. The molecule has 0 aliphatic heterocycles. The molecule has 4 nitrogen and oxygen atoms in total. The smallest absolute Gasteiger partial charge is 0.309 e. The molecule has 3 rings (SSSR count). The maximum atomic E-state index is 14.6. The fourth-order valence-corrected chi connectivity index (χ4v) is 3.01. The Morgan fingerprint density at radius 2 is 1.84 bits per heavy atom. The summed E-state index contributed by atoms with van der Waals surface area (Å²) in [5.74, 6) is -1.79. The van der Waals surface area contributed by atoms with Crippen molar-refractivity contribution in [2.45, 2.75) is 13.1 Å². The Morgan fingerprint density at radius 1 is 1.16 bits per heavy atom. The summed E-state index contributed by atoms with van der Waals surface area (Å²) in [5.41, 5.74) is 0.512. The van der Waals surface area contributed by atoms with Crippen molar-refractivity contribution >= 4 is 16.7 Å². The number of carboxylic acids is 1. The van der Waals surface area contributed by atoms with Crippen LogP contribution in [0.1, 0.15) is 11.3 Å². The standard InChI is InChI=1S/C19H15F2NO3/c1-22-16(9-17(23)24)18(12-4-2-3-5-13(12)19(22)25)14-7-6-11(10-20)8-15(14)21/h2-8H,9-10H2,1H3,(H,23,24). The zero-order chi connectivity index (χ0) is 18.1. The molecule has 0 saturated heterocycles. The number of pyridine rings is 1. The van der Waals surface area contributed by atoms with Gasteiger partial charge >= 0.3 is 5.97 Å². The van der Waals surface area contributed by atoms with Gasteiger partial charge in [-0.1, -0.05) is 30.3 Å². The molecule has 0 fully saturated rings. The number of rotatable bonds is 4. The molecule has 1 heterocycles. The number of fused-ring (bicyclic) bond motifs is 1. The SMILES string of the molecule is Cn1c(CC(=O)O)c(-c2ccc(CF)cc2F)c2ccccc2c1=O. The van der Waals surface area contributed by atoms with Crippen molar-refractivity contribution < 1.29 is 18.7 Å². The molecular weight excluding hydrogens is 328 g/mol. The fourth-order valence-electron chi connectivity index (χ4n) is 3.01. The van der Waals surface area contributed by atoms with Crippen LogP contribution < -0.4 is 5.56 Å². The van der Waals surface area contributed by atoms with E-state index in [1.54, 1.807) is 24.3 Å². The predicted molar refractivity (Wildman–Crippen MR) is 90.7 cm³/mol. The summed E-state index contributed by atoms with van der Waals surface area (Å²) in [6.07, 6.45) is -0.434. The van der Waals surface area contributed by atoms with E-state index in [0.717, 1.165) is 6.07 Å². The lowest BCUT2D eigenvalue weighted by Gasteiger charge is -2.17. The molecule has 128 valence electrons. The van der Waals surface area contributed by atoms with Crippen LogP contribution in [0.15, 0.2) is 47.3 Å². The molecular formula is C19H15F2NO3. The number of halogens is 2. The third kappa shape index (κ3) is 2.91. The number of hydrogen-bond acceptors (Lipinski definition) is 2. The molecule has 0 atom stereocenters. The van der Waals surface area contributed by atoms with Crippen molar-refractivity contribution in [3.8, 4) is 11.1 Å². The number of carboxylic acid groups (broad SMARTS) is 1. The third-order valence-corrected chi connectivity index (χ3v) is 4.20. The summed E-state index contributed by atoms with van der Waals surface area (Å²) in [6.45, 7) is -0.798. The number of aromatic nitrogens is 1. The van der Waals surface area contributed by atoms with Crippen molar-refractivity contribution in [1.82, 2.24) is 4.57 Å². The summed E-state index contributed by atoms with van der Waals surface area (Å²) in [6, 6.07) is 10.6. The van der Waals surface area contributed by atoms with Gasteiger partial charge in [-0.3, -0.25) is 9.59 Å². The molecule has 2 aromatic carbocycles. The lowest BCUT2D eigenvalue weighted by atomic mass is 9.94. The Labute approximate surface area is 142 Å². The summed E-state index contributed by atoms with van der Waals surface area (Å²) >= 11 is 0. The Hall–Kier alpha value is -3.02. The molecule has 0 aliphatic carbocycles. The molecule has 0 bridgehead atoms. The lowest BCUT2D eigenvalue weighted by Crippen LogP contribution is -2.23. The summed E-state index contributed by atoms with van der Waals surface area (Å²) < 4.78 is 28.6. The highest BCUT2D eigenvalue weighted by molar-refractivity contribution is 5.98. The quantitative estimate of drug-likeness (QED) is 0.789. The van der Waals surface area contributed by atoms with E-state index in [-0.39, 0.29) is 22.4 Å². The van der Waals surface area contributed by atoms with Crippen molar-refractivity contribution in [3.63, 3.8) is 0 Å². The summed E-state index contributed by atoms with van der Waals surface area (Å²) in [5, 5.41) is 10.0. The largest absolute Gasteiger partial charge is 0.481 e. The van der Waals surface area contributed by atoms with Crippen LogP contribution >= 0.6 is 0 Å². The molecule has 1 N–H and O–H groups in total. The molecule has 25 heavy (non-hydrogen) atoms. The first-order valence-corrected chi connectivity index (χ1v) is 7.61. The van der Waals surface area contributed by atoms with Crippen molar-refractivity contribution in [3.05, 3.63) is 69.9 Å². The minimum atomic E-state index is -1.13. The van der Waals surface area contributed by atoms with E-state index < -0.39 is 24.9 Å². The highest BCUT2D eigenvalue weighted by atomic mass is 19.1. The van der Waals surface area contributed by atoms with Gasteiger partial charge in [0.25, 0.3) is 5.56 Å². The Morgan fingerprint density at radius 3 is 2.44 bits per heavy atom. The van der Waals surface area contributed by atoms with Crippen LogP contribution in [-0.4, -0.2) is 15.6 Å². The number of alkyl halides is 1. The molecule has 3 aromatic rings. The van der Waals surface area contributed by atoms with Crippen LogP contribution in [0.4, 0.5) is 8.78 Å². The maximum Gasteiger partial charge on any atom is 0.309 e. The van der Waals surface area contributed by atoms with Gasteiger partial charge in [0, 0.05) is 29.3 Å². The van der Waals surface area contributed by atoms with E-state index in [4.69, 9.17) is 0 Å². The van der Waals surface area contributed by atoms with E-state index in [1.165, 1.54) is 23.7 Å². The van der Waals surface area contributed by atoms with E-state index in [1.807, 2.05) is 0 Å². The van der Waals surface area contributed by atoms with Gasteiger partial charge in [0.05, 0.1) is 6.42 Å². The van der Waals surface area contributed by atoms with Gasteiger partial charge in [-0.15, -0.1) is 0 Å². The Kier molecular flexibility index (Phi) is 4.35. The fraction of sp³-hybridized carbons (Fsp3) is 0.158. The van der Waals surface area contributed by atoms with E-state index >= 15 is 0 Å². The van der Waals surface area contributed by atoms with Gasteiger partial charge < -0.3 is 9.67 Å². The van der Waals surface area contributed by atoms with Gasteiger partial charge in [-0.2, -0.15) is 0 Å². The zero-order valence-corrected chi connectivity index (χ0v) is 13.4. The molecule has 0 amide bonds. The minimum Gasteiger partial charge on any atom is -0.481 e. The van der Waals surface area contributed by atoms with Gasteiger partial charge in [0.1, 0.15) is 12.5 Å². The number of carbonyl (C=O) groups is 1. The van der Waals surface area contributed by atoms with Crippen molar-refractivity contribution in [2.24, 2.45) is 7.05 Å². The number of aliphatic carboxylic acids is 1. The third-order valence-electron chi connectivity index (χ3n) is 4.20. The Balaban J connectivity index is 2.45. The first kappa shape index (κ1) is 16.8. The van der Waals surface area contributed by atoms with Gasteiger partial charge in [-0.05, 0) is 23.1 Å². The van der Waals surface area contributed by atoms with Gasteiger partial charge in [-0.25, -0.2) is 8.78 Å². The first-order chi connectivity index (χ1) is 11.9. The van der Waals surface area contributed by atoms with Gasteiger partial charge in [0.2, 0.25) is 0 Å². The van der Waals surface area contributed by atoms with Crippen molar-refractivity contribution in [1.29, 1.82) is 0 Å². The maximum absolute atomic E-state index is 14.6. The van der Waals surface area contributed by atoms with Crippen LogP contribution in [0, 0.1) is 5.82 Å². The van der Waals surface area contributed by atoms with E-state index in [2.05, 4.69) is 0 Å². The second-order valence-corrected chi connectivity index (χ2v) is 5.75. The van der Waals surface area contributed by atoms with Crippen LogP contribution in [0.25, 0.3) is 21.9 Å². The monoisotopic (exact) mass is 343 g/mol. The van der Waals surface area contributed by atoms with Gasteiger partial charge in [0.15, 0.2) is 0 Å².